The molecule has 2 aliphatic carbocycles. The highest BCUT2D eigenvalue weighted by molar-refractivity contribution is 7.99. The third kappa shape index (κ3) is 4.85. The van der Waals surface area contributed by atoms with Crippen LogP contribution in [0.2, 0.25) is 0 Å². The van der Waals surface area contributed by atoms with Crippen molar-refractivity contribution in [2.45, 2.75) is 61.3 Å². The maximum Gasteiger partial charge on any atom is 0.335 e. The lowest BCUT2D eigenvalue weighted by atomic mass is 9.84. The predicted octanol–water partition coefficient (Wildman–Crippen LogP) is 6.32. The van der Waals surface area contributed by atoms with Crippen molar-refractivity contribution in [3.63, 3.8) is 0 Å². The summed E-state index contributed by atoms with van der Waals surface area (Å²) in [7, 11) is 4.10. The van der Waals surface area contributed by atoms with E-state index in [0.29, 0.717) is 17.4 Å². The summed E-state index contributed by atoms with van der Waals surface area (Å²) in [6.07, 6.45) is 8.52. The molecule has 178 valence electrons. The number of nitrogens with zero attached hydrogens (tertiary/aromatic N) is 4. The number of carboxylic acid groups (broad SMARTS) is 1. The highest BCUT2D eigenvalue weighted by atomic mass is 32.2. The van der Waals surface area contributed by atoms with E-state index in [4.69, 9.17) is 0 Å². The largest absolute Gasteiger partial charge is 0.478 e. The Bertz CT molecular complexity index is 1130. The van der Waals surface area contributed by atoms with Crippen molar-refractivity contribution < 1.29 is 9.90 Å². The zero-order valence-electron chi connectivity index (χ0n) is 19.9. The molecule has 2 aromatic carbocycles. The fourth-order valence-corrected chi connectivity index (χ4v) is 6.29. The van der Waals surface area contributed by atoms with E-state index in [1.54, 1.807) is 23.9 Å². The van der Waals surface area contributed by atoms with Gasteiger partial charge in [0.2, 0.25) is 0 Å². The summed E-state index contributed by atoms with van der Waals surface area (Å²) in [6, 6.07) is 16.0. The number of aromatic nitrogens is 3. The maximum absolute atomic E-state index is 11.4. The van der Waals surface area contributed by atoms with E-state index >= 15 is 0 Å². The summed E-state index contributed by atoms with van der Waals surface area (Å²) in [6.45, 7) is 0. The molecule has 0 saturated heterocycles. The second kappa shape index (κ2) is 9.82. The molecular weight excluding hydrogens is 444 g/mol. The lowest BCUT2D eigenvalue weighted by Gasteiger charge is -2.30. The van der Waals surface area contributed by atoms with Gasteiger partial charge in [-0.25, -0.2) is 4.79 Å². The predicted molar refractivity (Wildman–Crippen MR) is 136 cm³/mol. The quantitative estimate of drug-likeness (QED) is 0.384. The molecular formula is C27H32N4O2S. The van der Waals surface area contributed by atoms with Crippen LogP contribution >= 0.6 is 11.8 Å². The average molecular weight is 477 g/mol. The van der Waals surface area contributed by atoms with Gasteiger partial charge in [0, 0.05) is 36.6 Å². The van der Waals surface area contributed by atoms with Crippen molar-refractivity contribution in [1.82, 2.24) is 14.8 Å². The number of carbonyl (C=O) groups is 1. The highest BCUT2D eigenvalue weighted by Gasteiger charge is 2.33. The van der Waals surface area contributed by atoms with Crippen LogP contribution in [0.3, 0.4) is 0 Å². The van der Waals surface area contributed by atoms with Crippen LogP contribution in [0.25, 0.3) is 5.69 Å². The molecule has 0 amide bonds. The van der Waals surface area contributed by atoms with Crippen LogP contribution in [-0.2, 0) is 0 Å². The molecule has 1 atom stereocenters. The first-order valence-corrected chi connectivity index (χ1v) is 13.1. The van der Waals surface area contributed by atoms with Gasteiger partial charge in [0.1, 0.15) is 5.82 Å². The zero-order valence-corrected chi connectivity index (χ0v) is 20.7. The fraction of sp³-hybridized carbons (Fsp3) is 0.444. The molecule has 2 saturated carbocycles. The van der Waals surface area contributed by atoms with Gasteiger partial charge < -0.3 is 10.0 Å². The SMILES string of the molecule is CN(C)c1ccc(-n2c(SC(c3ccc(C(=O)O)cc3)C3CCCCC3)nnc2C2CC2)cc1. The summed E-state index contributed by atoms with van der Waals surface area (Å²) in [5.41, 5.74) is 3.77. The van der Waals surface area contributed by atoms with Gasteiger partial charge in [-0.2, -0.15) is 0 Å². The number of hydrogen-bond acceptors (Lipinski definition) is 5. The number of anilines is 1. The van der Waals surface area contributed by atoms with Crippen molar-refractivity contribution in [2.75, 3.05) is 19.0 Å². The standard InChI is InChI=1S/C27H32N4O2S/c1-30(2)22-14-16-23(17-15-22)31-25(20-10-11-20)28-29-27(31)34-24(18-6-4-3-5-7-18)19-8-12-21(13-9-19)26(32)33/h8-9,12-18,20,24H,3-7,10-11H2,1-2H3,(H,32,33). The van der Waals surface area contributed by atoms with Gasteiger partial charge in [0.05, 0.1) is 5.56 Å². The van der Waals surface area contributed by atoms with Crippen LogP contribution in [0.15, 0.2) is 53.7 Å². The second-order valence-electron chi connectivity index (χ2n) is 9.72. The number of benzene rings is 2. The molecule has 1 heterocycles. The Balaban J connectivity index is 1.51. The smallest absolute Gasteiger partial charge is 0.335 e. The first-order chi connectivity index (χ1) is 16.5. The lowest BCUT2D eigenvalue weighted by molar-refractivity contribution is 0.0697. The summed E-state index contributed by atoms with van der Waals surface area (Å²) in [5.74, 6) is 1.20. The van der Waals surface area contributed by atoms with E-state index in [-0.39, 0.29) is 5.25 Å². The van der Waals surface area contributed by atoms with Gasteiger partial charge >= 0.3 is 5.97 Å². The second-order valence-corrected chi connectivity index (χ2v) is 10.8. The topological polar surface area (TPSA) is 71.2 Å². The Hall–Kier alpha value is -2.80. The molecule has 2 fully saturated rings. The average Bonchev–Trinajstić information content (AvgIpc) is 3.62. The van der Waals surface area contributed by atoms with Crippen LogP contribution in [0, 0.1) is 5.92 Å². The molecule has 3 aromatic rings. The van der Waals surface area contributed by atoms with Gasteiger partial charge in [-0.3, -0.25) is 4.57 Å². The monoisotopic (exact) mass is 476 g/mol. The van der Waals surface area contributed by atoms with Gasteiger partial charge in [0.25, 0.3) is 0 Å². The molecule has 1 unspecified atom stereocenters. The van der Waals surface area contributed by atoms with Crippen LogP contribution in [0.1, 0.15) is 77.9 Å². The molecule has 34 heavy (non-hydrogen) atoms. The molecule has 0 aliphatic heterocycles. The van der Waals surface area contributed by atoms with Crippen molar-refractivity contribution in [3.05, 3.63) is 65.5 Å². The maximum atomic E-state index is 11.4. The Labute approximate surface area is 205 Å². The first-order valence-electron chi connectivity index (χ1n) is 12.2. The molecule has 1 N–H and O–H groups in total. The summed E-state index contributed by atoms with van der Waals surface area (Å²) >= 11 is 1.79. The minimum Gasteiger partial charge on any atom is -0.478 e. The van der Waals surface area contributed by atoms with E-state index in [2.05, 4.69) is 58.0 Å². The summed E-state index contributed by atoms with van der Waals surface area (Å²) in [5, 5.41) is 19.8. The molecule has 6 nitrogen and oxygen atoms in total. The van der Waals surface area contributed by atoms with Gasteiger partial charge in [-0.1, -0.05) is 43.2 Å². The van der Waals surface area contributed by atoms with E-state index in [1.165, 1.54) is 50.5 Å². The zero-order chi connectivity index (χ0) is 23.7. The van der Waals surface area contributed by atoms with E-state index in [1.807, 2.05) is 12.1 Å². The van der Waals surface area contributed by atoms with Crippen molar-refractivity contribution in [2.24, 2.45) is 5.92 Å². The Morgan fingerprint density at radius 2 is 1.65 bits per heavy atom. The third-order valence-electron chi connectivity index (χ3n) is 7.02. The Kier molecular flexibility index (Phi) is 6.63. The van der Waals surface area contributed by atoms with Gasteiger partial charge in [0.15, 0.2) is 5.16 Å². The van der Waals surface area contributed by atoms with Crippen molar-refractivity contribution >= 4 is 23.4 Å². The van der Waals surface area contributed by atoms with Crippen molar-refractivity contribution in [1.29, 1.82) is 0 Å². The molecule has 0 bridgehead atoms. The molecule has 7 heteroatoms. The van der Waals surface area contributed by atoms with Crippen LogP contribution in [-0.4, -0.2) is 39.9 Å². The number of carboxylic acids is 1. The number of thioether (sulfide) groups is 1. The summed E-state index contributed by atoms with van der Waals surface area (Å²) < 4.78 is 2.25. The summed E-state index contributed by atoms with van der Waals surface area (Å²) in [4.78, 5) is 13.5. The van der Waals surface area contributed by atoms with Gasteiger partial charge in [-0.05, 0) is 73.6 Å². The highest BCUT2D eigenvalue weighted by Crippen LogP contribution is 2.48. The van der Waals surface area contributed by atoms with E-state index in [0.717, 1.165) is 22.4 Å². The molecule has 1 aromatic heterocycles. The Morgan fingerprint density at radius 1 is 0.971 bits per heavy atom. The van der Waals surface area contributed by atoms with Crippen LogP contribution in [0.5, 0.6) is 0 Å². The minimum atomic E-state index is -0.886. The molecule has 5 rings (SSSR count). The van der Waals surface area contributed by atoms with Crippen LogP contribution < -0.4 is 4.90 Å². The molecule has 0 radical (unpaired) electrons. The number of rotatable bonds is 8. The van der Waals surface area contributed by atoms with E-state index < -0.39 is 5.97 Å². The fourth-order valence-electron chi connectivity index (χ4n) is 4.91. The first kappa shape index (κ1) is 23.0. The Morgan fingerprint density at radius 3 is 2.24 bits per heavy atom. The van der Waals surface area contributed by atoms with Crippen LogP contribution in [0.4, 0.5) is 5.69 Å². The van der Waals surface area contributed by atoms with Gasteiger partial charge in [-0.15, -0.1) is 10.2 Å². The lowest BCUT2D eigenvalue weighted by Crippen LogP contribution is -2.15. The number of aromatic carboxylic acids is 1. The molecule has 2 aliphatic rings. The molecule has 0 spiro atoms. The minimum absolute atomic E-state index is 0.221. The third-order valence-corrected chi connectivity index (χ3v) is 8.41. The van der Waals surface area contributed by atoms with Crippen molar-refractivity contribution in [3.8, 4) is 5.69 Å². The normalized spacial score (nSPS) is 17.5. The number of hydrogen-bond donors (Lipinski definition) is 1. The van der Waals surface area contributed by atoms with E-state index in [9.17, 15) is 9.90 Å².